The molecule has 0 spiro atoms. The van der Waals surface area contributed by atoms with Crippen molar-refractivity contribution in [2.24, 2.45) is 0 Å². The lowest BCUT2D eigenvalue weighted by molar-refractivity contribution is 0.301. The molecule has 3 rings (SSSR count). The van der Waals surface area contributed by atoms with E-state index in [-0.39, 0.29) is 4.90 Å². The van der Waals surface area contributed by atoms with Gasteiger partial charge < -0.3 is 4.52 Å². The second-order valence-corrected chi connectivity index (χ2v) is 7.88. The molecule has 1 aliphatic rings. The van der Waals surface area contributed by atoms with Gasteiger partial charge in [-0.25, -0.2) is 12.8 Å². The first-order chi connectivity index (χ1) is 11.4. The zero-order chi connectivity index (χ0) is 17.2. The summed E-state index contributed by atoms with van der Waals surface area (Å²) < 4.78 is 46.5. The highest BCUT2D eigenvalue weighted by Crippen LogP contribution is 2.36. The van der Waals surface area contributed by atoms with Crippen LogP contribution in [0.25, 0.3) is 0 Å². The molecule has 1 aliphatic carbocycles. The van der Waals surface area contributed by atoms with Crippen LogP contribution in [-0.4, -0.2) is 18.6 Å². The number of aryl methyl sites for hydroxylation is 1. The van der Waals surface area contributed by atoms with Gasteiger partial charge in [-0.05, 0) is 37.1 Å². The Labute approximate surface area is 140 Å². The number of nitrogens with one attached hydrogen (secondary N) is 1. The number of sulfonamides is 1. The molecule has 0 aliphatic heterocycles. The second-order valence-electron chi connectivity index (χ2n) is 6.19. The van der Waals surface area contributed by atoms with Gasteiger partial charge in [0.2, 0.25) is 15.9 Å². The quantitative estimate of drug-likeness (QED) is 0.854. The lowest BCUT2D eigenvalue weighted by Gasteiger charge is -2.30. The minimum Gasteiger partial charge on any atom is -0.340 e. The summed E-state index contributed by atoms with van der Waals surface area (Å²) in [5.41, 5.74) is -0.887. The molecule has 6 nitrogen and oxygen atoms in total. The molecule has 0 bridgehead atoms. The minimum atomic E-state index is -3.83. The van der Waals surface area contributed by atoms with Crippen molar-refractivity contribution in [1.29, 1.82) is 0 Å². The third-order valence-electron chi connectivity index (χ3n) is 4.37. The van der Waals surface area contributed by atoms with Gasteiger partial charge in [0.15, 0.2) is 5.82 Å². The lowest BCUT2D eigenvalue weighted by atomic mass is 9.91. The molecule has 0 atom stereocenters. The summed E-state index contributed by atoms with van der Waals surface area (Å²) in [4.78, 5) is 4.30. The van der Waals surface area contributed by atoms with Crippen molar-refractivity contribution < 1.29 is 17.3 Å². The van der Waals surface area contributed by atoms with Crippen molar-refractivity contribution in [2.75, 3.05) is 0 Å². The van der Waals surface area contributed by atoms with Gasteiger partial charge in [0, 0.05) is 6.92 Å². The van der Waals surface area contributed by atoms with Gasteiger partial charge in [0.1, 0.15) is 5.82 Å². The maximum absolute atomic E-state index is 13.1. The molecular weight excluding hydrogens is 333 g/mol. The van der Waals surface area contributed by atoms with Crippen molar-refractivity contribution in [2.45, 2.75) is 55.9 Å². The van der Waals surface area contributed by atoms with Crippen molar-refractivity contribution in [1.82, 2.24) is 14.9 Å². The summed E-state index contributed by atoms with van der Waals surface area (Å²) in [6.45, 7) is 1.68. The topological polar surface area (TPSA) is 85.1 Å². The number of hydrogen-bond donors (Lipinski definition) is 1. The van der Waals surface area contributed by atoms with E-state index in [4.69, 9.17) is 4.52 Å². The smallest absolute Gasteiger partial charge is 0.241 e. The maximum Gasteiger partial charge on any atom is 0.241 e. The van der Waals surface area contributed by atoms with Crippen molar-refractivity contribution >= 4 is 10.0 Å². The van der Waals surface area contributed by atoms with Crippen LogP contribution in [0.1, 0.15) is 50.2 Å². The van der Waals surface area contributed by atoms with E-state index in [1.165, 1.54) is 12.1 Å². The number of rotatable bonds is 4. The Morgan fingerprint density at radius 3 is 2.29 bits per heavy atom. The first-order valence-electron chi connectivity index (χ1n) is 8.02. The Morgan fingerprint density at radius 1 is 1.12 bits per heavy atom. The summed E-state index contributed by atoms with van der Waals surface area (Å²) >= 11 is 0. The van der Waals surface area contributed by atoms with Crippen LogP contribution in [0.2, 0.25) is 0 Å². The van der Waals surface area contributed by atoms with E-state index in [0.29, 0.717) is 24.6 Å². The van der Waals surface area contributed by atoms with E-state index in [9.17, 15) is 12.8 Å². The van der Waals surface area contributed by atoms with Crippen LogP contribution in [0.4, 0.5) is 4.39 Å². The van der Waals surface area contributed by atoms with Crippen molar-refractivity contribution in [3.8, 4) is 0 Å². The monoisotopic (exact) mass is 353 g/mol. The Balaban J connectivity index is 1.98. The molecule has 0 amide bonds. The van der Waals surface area contributed by atoms with Crippen LogP contribution in [0, 0.1) is 12.7 Å². The third kappa shape index (κ3) is 3.49. The Bertz CT molecular complexity index is 794. The summed E-state index contributed by atoms with van der Waals surface area (Å²) in [7, 11) is -3.83. The van der Waals surface area contributed by atoms with Gasteiger partial charge in [0.05, 0.1) is 10.4 Å². The summed E-state index contributed by atoms with van der Waals surface area (Å²) in [5.74, 6) is 0.286. The molecule has 1 aromatic carbocycles. The average molecular weight is 353 g/mol. The number of nitrogens with zero attached hydrogens (tertiary/aromatic N) is 2. The van der Waals surface area contributed by atoms with Crippen molar-refractivity contribution in [3.05, 3.63) is 41.8 Å². The van der Waals surface area contributed by atoms with Gasteiger partial charge in [-0.2, -0.15) is 9.71 Å². The summed E-state index contributed by atoms with van der Waals surface area (Å²) in [5, 5.41) is 3.97. The van der Waals surface area contributed by atoms with Gasteiger partial charge in [-0.3, -0.25) is 0 Å². The number of halogens is 1. The molecule has 1 N–H and O–H groups in total. The first kappa shape index (κ1) is 17.0. The fourth-order valence-electron chi connectivity index (χ4n) is 3.13. The molecular formula is C16H20FN3O3S. The van der Waals surface area contributed by atoms with Crippen LogP contribution in [0.15, 0.2) is 33.7 Å². The molecule has 1 aromatic heterocycles. The van der Waals surface area contributed by atoms with E-state index < -0.39 is 21.4 Å². The Kier molecular flexibility index (Phi) is 4.69. The largest absolute Gasteiger partial charge is 0.340 e. The zero-order valence-electron chi connectivity index (χ0n) is 13.5. The van der Waals surface area contributed by atoms with Crippen LogP contribution in [0.5, 0.6) is 0 Å². The Hall–Kier alpha value is -1.80. The molecule has 1 heterocycles. The fraction of sp³-hybridized carbons (Fsp3) is 0.500. The van der Waals surface area contributed by atoms with Gasteiger partial charge in [-0.1, -0.05) is 30.8 Å². The summed E-state index contributed by atoms with van der Waals surface area (Å²) in [6.07, 6.45) is 5.03. The predicted octanol–water partition coefficient (Wildman–Crippen LogP) is 3.05. The molecule has 0 saturated heterocycles. The zero-order valence-corrected chi connectivity index (χ0v) is 14.3. The molecule has 130 valence electrons. The molecule has 1 saturated carbocycles. The molecule has 8 heteroatoms. The van der Waals surface area contributed by atoms with Crippen LogP contribution in [0.3, 0.4) is 0 Å². The number of hydrogen-bond acceptors (Lipinski definition) is 5. The Morgan fingerprint density at radius 2 is 1.75 bits per heavy atom. The second kappa shape index (κ2) is 6.60. The molecule has 24 heavy (non-hydrogen) atoms. The van der Waals surface area contributed by atoms with Gasteiger partial charge in [-0.15, -0.1) is 0 Å². The first-order valence-corrected chi connectivity index (χ1v) is 9.50. The SMILES string of the molecule is Cc1nc(C2(NS(=O)(=O)c3ccc(F)cc3)CCCCCC2)no1. The van der Waals surface area contributed by atoms with Gasteiger partial charge in [0.25, 0.3) is 0 Å². The highest BCUT2D eigenvalue weighted by Gasteiger charge is 2.41. The highest BCUT2D eigenvalue weighted by molar-refractivity contribution is 7.89. The van der Waals surface area contributed by atoms with Crippen LogP contribution < -0.4 is 4.72 Å². The number of benzene rings is 1. The molecule has 0 radical (unpaired) electrons. The fourth-order valence-corrected chi connectivity index (χ4v) is 4.55. The van der Waals surface area contributed by atoms with E-state index in [1.807, 2.05) is 0 Å². The van der Waals surface area contributed by atoms with Crippen LogP contribution in [-0.2, 0) is 15.6 Å². The summed E-state index contributed by atoms with van der Waals surface area (Å²) in [6, 6.07) is 4.77. The van der Waals surface area contributed by atoms with E-state index in [0.717, 1.165) is 37.8 Å². The van der Waals surface area contributed by atoms with Crippen LogP contribution >= 0.6 is 0 Å². The van der Waals surface area contributed by atoms with E-state index in [1.54, 1.807) is 6.92 Å². The third-order valence-corrected chi connectivity index (χ3v) is 5.92. The molecule has 0 unspecified atom stereocenters. The maximum atomic E-state index is 13.1. The predicted molar refractivity (Wildman–Crippen MR) is 85.1 cm³/mol. The lowest BCUT2D eigenvalue weighted by Crippen LogP contribution is -2.46. The molecule has 2 aromatic rings. The van der Waals surface area contributed by atoms with Crippen molar-refractivity contribution in [3.63, 3.8) is 0 Å². The minimum absolute atomic E-state index is 0.0211. The normalized spacial score (nSPS) is 18.2. The van der Waals surface area contributed by atoms with Gasteiger partial charge >= 0.3 is 0 Å². The van der Waals surface area contributed by atoms with E-state index >= 15 is 0 Å². The standard InChI is InChI=1S/C16H20FN3O3S/c1-12-18-15(19-23-12)16(10-4-2-3-5-11-16)20-24(21,22)14-8-6-13(17)7-9-14/h6-9,20H,2-5,10-11H2,1H3. The van der Waals surface area contributed by atoms with E-state index in [2.05, 4.69) is 14.9 Å². The molecule has 1 fully saturated rings. The highest BCUT2D eigenvalue weighted by atomic mass is 32.2. The average Bonchev–Trinajstić information content (AvgIpc) is 2.84. The number of aromatic nitrogens is 2.